The van der Waals surface area contributed by atoms with Crippen LogP contribution in [0.3, 0.4) is 0 Å². The minimum Gasteiger partial charge on any atom is -0.480 e. The SMILES string of the molecule is CC(CNC(=O)NC(C(=O)O)C(C)(C)C)C(C)(C)C. The highest BCUT2D eigenvalue weighted by molar-refractivity contribution is 5.83. The van der Waals surface area contributed by atoms with Crippen molar-refractivity contribution in [3.63, 3.8) is 0 Å². The molecule has 5 nitrogen and oxygen atoms in total. The van der Waals surface area contributed by atoms with E-state index in [1.54, 1.807) is 20.8 Å². The van der Waals surface area contributed by atoms with Crippen molar-refractivity contribution in [2.75, 3.05) is 6.54 Å². The van der Waals surface area contributed by atoms with Crippen LogP contribution in [0.15, 0.2) is 0 Å². The monoisotopic (exact) mass is 272 g/mol. The number of carbonyl (C=O) groups excluding carboxylic acids is 1. The molecule has 3 N–H and O–H groups in total. The summed E-state index contributed by atoms with van der Waals surface area (Å²) in [7, 11) is 0. The van der Waals surface area contributed by atoms with Gasteiger partial charge in [-0.1, -0.05) is 48.5 Å². The summed E-state index contributed by atoms with van der Waals surface area (Å²) in [5, 5.41) is 14.4. The summed E-state index contributed by atoms with van der Waals surface area (Å²) in [5.41, 5.74) is -0.428. The molecule has 0 aliphatic rings. The lowest BCUT2D eigenvalue weighted by Gasteiger charge is -2.30. The van der Waals surface area contributed by atoms with Gasteiger partial charge in [0.2, 0.25) is 0 Å². The maximum Gasteiger partial charge on any atom is 0.326 e. The highest BCUT2D eigenvalue weighted by atomic mass is 16.4. The molecule has 0 fully saturated rings. The number of carboxylic acid groups (broad SMARTS) is 1. The van der Waals surface area contributed by atoms with Crippen LogP contribution in [0, 0.1) is 16.7 Å². The Kier molecular flexibility index (Phi) is 5.84. The first kappa shape index (κ1) is 17.7. The number of urea groups is 1. The molecule has 0 aliphatic heterocycles. The summed E-state index contributed by atoms with van der Waals surface area (Å²) in [6.07, 6.45) is 0. The lowest BCUT2D eigenvalue weighted by molar-refractivity contribution is -0.141. The Morgan fingerprint density at radius 1 is 1.05 bits per heavy atom. The largest absolute Gasteiger partial charge is 0.480 e. The van der Waals surface area contributed by atoms with Gasteiger partial charge < -0.3 is 15.7 Å². The number of nitrogens with one attached hydrogen (secondary N) is 2. The molecule has 0 radical (unpaired) electrons. The van der Waals surface area contributed by atoms with E-state index >= 15 is 0 Å². The van der Waals surface area contributed by atoms with Crippen LogP contribution in [0.4, 0.5) is 4.79 Å². The Bertz CT molecular complexity index is 327. The molecule has 0 rings (SSSR count). The molecule has 2 unspecified atom stereocenters. The van der Waals surface area contributed by atoms with Gasteiger partial charge in [-0.05, 0) is 16.7 Å². The van der Waals surface area contributed by atoms with E-state index in [0.29, 0.717) is 12.5 Å². The van der Waals surface area contributed by atoms with Crippen LogP contribution in [-0.2, 0) is 4.79 Å². The van der Waals surface area contributed by atoms with Gasteiger partial charge in [0, 0.05) is 6.54 Å². The van der Waals surface area contributed by atoms with Gasteiger partial charge in [0.05, 0.1) is 0 Å². The third kappa shape index (κ3) is 6.45. The normalized spacial score (nSPS) is 15.5. The molecule has 0 aromatic heterocycles. The zero-order chi connectivity index (χ0) is 15.4. The third-order valence-corrected chi connectivity index (χ3v) is 3.44. The summed E-state index contributed by atoms with van der Waals surface area (Å²) in [6, 6.07) is -1.34. The molecule has 112 valence electrons. The van der Waals surface area contributed by atoms with E-state index in [9.17, 15) is 9.59 Å². The third-order valence-electron chi connectivity index (χ3n) is 3.44. The summed E-state index contributed by atoms with van der Waals surface area (Å²) >= 11 is 0. The van der Waals surface area contributed by atoms with Gasteiger partial charge in [0.1, 0.15) is 6.04 Å². The van der Waals surface area contributed by atoms with Crippen molar-refractivity contribution < 1.29 is 14.7 Å². The number of carbonyl (C=O) groups is 2. The molecule has 0 bridgehead atoms. The molecular weight excluding hydrogens is 244 g/mol. The predicted octanol–water partition coefficient (Wildman–Crippen LogP) is 2.47. The summed E-state index contributed by atoms with van der Waals surface area (Å²) in [6.45, 7) is 14.2. The van der Waals surface area contributed by atoms with Gasteiger partial charge in [-0.15, -0.1) is 0 Å². The lowest BCUT2D eigenvalue weighted by Crippen LogP contribution is -2.53. The van der Waals surface area contributed by atoms with E-state index < -0.39 is 23.5 Å². The zero-order valence-corrected chi connectivity index (χ0v) is 13.1. The minimum atomic E-state index is -1.02. The fourth-order valence-electron chi connectivity index (χ4n) is 1.38. The van der Waals surface area contributed by atoms with Gasteiger partial charge in [0.15, 0.2) is 0 Å². The van der Waals surface area contributed by atoms with Crippen LogP contribution in [0.25, 0.3) is 0 Å². The molecule has 0 aromatic carbocycles. The van der Waals surface area contributed by atoms with Gasteiger partial charge in [-0.3, -0.25) is 0 Å². The molecule has 0 spiro atoms. The Morgan fingerprint density at radius 3 is 1.84 bits per heavy atom. The first-order valence-electron chi connectivity index (χ1n) is 6.63. The maximum atomic E-state index is 11.8. The van der Waals surface area contributed by atoms with E-state index in [4.69, 9.17) is 5.11 Å². The van der Waals surface area contributed by atoms with Crippen LogP contribution in [0.1, 0.15) is 48.5 Å². The number of amides is 2. The number of aliphatic carboxylic acids is 1. The van der Waals surface area contributed by atoms with Crippen LogP contribution in [-0.4, -0.2) is 29.7 Å². The maximum absolute atomic E-state index is 11.8. The van der Waals surface area contributed by atoms with Crippen LogP contribution < -0.4 is 10.6 Å². The standard InChI is InChI=1S/C14H28N2O3/c1-9(13(2,3)4)8-15-12(19)16-10(11(17)18)14(5,6)7/h9-10H,8H2,1-7H3,(H,17,18)(H2,15,16,19). The van der Waals surface area contributed by atoms with Crippen molar-refractivity contribution in [1.82, 2.24) is 10.6 Å². The lowest BCUT2D eigenvalue weighted by atomic mass is 9.82. The second kappa shape index (κ2) is 6.26. The average Bonchev–Trinajstić information content (AvgIpc) is 2.18. The van der Waals surface area contributed by atoms with E-state index in [1.165, 1.54) is 0 Å². The number of hydrogen-bond donors (Lipinski definition) is 3. The van der Waals surface area contributed by atoms with E-state index in [0.717, 1.165) is 0 Å². The predicted molar refractivity (Wildman–Crippen MR) is 76.0 cm³/mol. The number of hydrogen-bond acceptors (Lipinski definition) is 2. The fourth-order valence-corrected chi connectivity index (χ4v) is 1.38. The molecule has 0 saturated carbocycles. The zero-order valence-electron chi connectivity index (χ0n) is 13.1. The van der Waals surface area contributed by atoms with Gasteiger partial charge in [-0.25, -0.2) is 9.59 Å². The Hall–Kier alpha value is -1.26. The van der Waals surface area contributed by atoms with Crippen LogP contribution >= 0.6 is 0 Å². The highest BCUT2D eigenvalue weighted by Gasteiger charge is 2.32. The minimum absolute atomic E-state index is 0.101. The second-order valence-corrected chi connectivity index (χ2v) is 7.26. The van der Waals surface area contributed by atoms with Crippen molar-refractivity contribution >= 4 is 12.0 Å². The van der Waals surface area contributed by atoms with Crippen molar-refractivity contribution in [1.29, 1.82) is 0 Å². The Labute approximate surface area is 116 Å². The molecular formula is C14H28N2O3. The van der Waals surface area contributed by atoms with Crippen molar-refractivity contribution in [3.05, 3.63) is 0 Å². The van der Waals surface area contributed by atoms with E-state index in [1.807, 2.05) is 0 Å². The molecule has 19 heavy (non-hydrogen) atoms. The quantitative estimate of drug-likeness (QED) is 0.735. The molecule has 0 saturated heterocycles. The van der Waals surface area contributed by atoms with Crippen LogP contribution in [0.2, 0.25) is 0 Å². The highest BCUT2D eigenvalue weighted by Crippen LogP contribution is 2.24. The number of rotatable bonds is 4. The second-order valence-electron chi connectivity index (χ2n) is 7.26. The molecule has 0 aromatic rings. The van der Waals surface area contributed by atoms with Gasteiger partial charge >= 0.3 is 12.0 Å². The average molecular weight is 272 g/mol. The smallest absolute Gasteiger partial charge is 0.326 e. The summed E-state index contributed by atoms with van der Waals surface area (Å²) in [4.78, 5) is 22.9. The summed E-state index contributed by atoms with van der Waals surface area (Å²) in [5.74, 6) is -0.720. The summed E-state index contributed by atoms with van der Waals surface area (Å²) < 4.78 is 0. The van der Waals surface area contributed by atoms with Crippen molar-refractivity contribution in [2.24, 2.45) is 16.7 Å². The Balaban J connectivity index is 4.42. The fraction of sp³-hybridized carbons (Fsp3) is 0.857. The topological polar surface area (TPSA) is 78.4 Å². The molecule has 0 aliphatic carbocycles. The van der Waals surface area contributed by atoms with Crippen molar-refractivity contribution in [2.45, 2.75) is 54.5 Å². The van der Waals surface area contributed by atoms with E-state index in [2.05, 4.69) is 38.3 Å². The molecule has 5 heteroatoms. The van der Waals surface area contributed by atoms with Crippen molar-refractivity contribution in [3.8, 4) is 0 Å². The van der Waals surface area contributed by atoms with Crippen LogP contribution in [0.5, 0.6) is 0 Å². The molecule has 0 heterocycles. The van der Waals surface area contributed by atoms with Gasteiger partial charge in [0.25, 0.3) is 0 Å². The first-order valence-corrected chi connectivity index (χ1v) is 6.63. The Morgan fingerprint density at radius 2 is 1.53 bits per heavy atom. The molecule has 2 atom stereocenters. The van der Waals surface area contributed by atoms with Gasteiger partial charge in [-0.2, -0.15) is 0 Å². The molecule has 2 amide bonds. The van der Waals surface area contributed by atoms with E-state index in [-0.39, 0.29) is 5.41 Å². The number of carboxylic acids is 1. The first-order chi connectivity index (χ1) is 8.35.